The van der Waals surface area contributed by atoms with E-state index in [4.69, 9.17) is 5.73 Å². The second kappa shape index (κ2) is 6.23. The molecule has 0 bridgehead atoms. The van der Waals surface area contributed by atoms with Crippen molar-refractivity contribution in [3.05, 3.63) is 24.4 Å². The maximum absolute atomic E-state index is 11.7. The first-order chi connectivity index (χ1) is 7.65. The van der Waals surface area contributed by atoms with Crippen LogP contribution in [-0.2, 0) is 4.79 Å². The first-order valence-electron chi connectivity index (χ1n) is 5.58. The molecule has 4 nitrogen and oxygen atoms in total. The van der Waals surface area contributed by atoms with Crippen LogP contribution >= 0.6 is 0 Å². The molecule has 1 aromatic rings. The van der Waals surface area contributed by atoms with Gasteiger partial charge in [0.25, 0.3) is 0 Å². The predicted molar refractivity (Wildman–Crippen MR) is 65.2 cm³/mol. The summed E-state index contributed by atoms with van der Waals surface area (Å²) in [5, 5.41) is 2.96. The summed E-state index contributed by atoms with van der Waals surface area (Å²) in [5.74, 6) is 0.949. The summed E-state index contributed by atoms with van der Waals surface area (Å²) in [6.45, 7) is 4.26. The van der Waals surface area contributed by atoms with Crippen LogP contribution in [0.25, 0.3) is 0 Å². The standard InChI is InChI=1S/C12H19N3O/c1-3-9(2)12(13)10(16)8-15-11-6-4-5-7-14-11/h4-7,9,12H,3,8,13H2,1-2H3,(H,14,15)/t9-,12-/m0/s1. The molecular formula is C12H19N3O. The smallest absolute Gasteiger partial charge is 0.168 e. The molecule has 0 unspecified atom stereocenters. The molecule has 0 radical (unpaired) electrons. The SMILES string of the molecule is CC[C@H](C)[C@H](N)C(=O)CNc1ccccn1. The van der Waals surface area contributed by atoms with E-state index in [0.29, 0.717) is 5.82 Å². The Morgan fingerprint density at radius 2 is 2.31 bits per heavy atom. The number of rotatable bonds is 6. The van der Waals surface area contributed by atoms with Gasteiger partial charge in [-0.15, -0.1) is 0 Å². The van der Waals surface area contributed by atoms with Crippen molar-refractivity contribution in [1.29, 1.82) is 0 Å². The number of Topliss-reactive ketones (excluding diaryl/α,β-unsaturated/α-hetero) is 1. The molecule has 0 amide bonds. The minimum atomic E-state index is -0.388. The van der Waals surface area contributed by atoms with Crippen LogP contribution in [0, 0.1) is 5.92 Å². The van der Waals surface area contributed by atoms with Crippen molar-refractivity contribution in [3.8, 4) is 0 Å². The molecule has 0 fully saturated rings. The van der Waals surface area contributed by atoms with Crippen LogP contribution in [0.5, 0.6) is 0 Å². The van der Waals surface area contributed by atoms with Gasteiger partial charge < -0.3 is 11.1 Å². The van der Waals surface area contributed by atoms with Crippen LogP contribution < -0.4 is 11.1 Å². The zero-order chi connectivity index (χ0) is 12.0. The van der Waals surface area contributed by atoms with E-state index in [1.165, 1.54) is 0 Å². The third-order valence-electron chi connectivity index (χ3n) is 2.74. The number of hydrogen-bond donors (Lipinski definition) is 2. The molecule has 16 heavy (non-hydrogen) atoms. The third kappa shape index (κ3) is 3.62. The maximum atomic E-state index is 11.7. The summed E-state index contributed by atoms with van der Waals surface area (Å²) in [6, 6.07) is 5.13. The van der Waals surface area contributed by atoms with E-state index in [0.717, 1.165) is 6.42 Å². The summed E-state index contributed by atoms with van der Waals surface area (Å²) in [6.07, 6.45) is 2.60. The lowest BCUT2D eigenvalue weighted by atomic mass is 9.96. The molecule has 1 rings (SSSR count). The highest BCUT2D eigenvalue weighted by Gasteiger charge is 2.18. The van der Waals surface area contributed by atoms with Crippen molar-refractivity contribution < 1.29 is 4.79 Å². The Morgan fingerprint density at radius 1 is 1.56 bits per heavy atom. The van der Waals surface area contributed by atoms with Gasteiger partial charge in [0.1, 0.15) is 5.82 Å². The molecule has 2 atom stereocenters. The molecule has 4 heteroatoms. The Balaban J connectivity index is 2.41. The van der Waals surface area contributed by atoms with E-state index < -0.39 is 0 Å². The first kappa shape index (κ1) is 12.6. The van der Waals surface area contributed by atoms with Crippen LogP contribution in [0.2, 0.25) is 0 Å². The van der Waals surface area contributed by atoms with Crippen LogP contribution in [0.1, 0.15) is 20.3 Å². The van der Waals surface area contributed by atoms with Crippen molar-refractivity contribution in [2.24, 2.45) is 11.7 Å². The summed E-state index contributed by atoms with van der Waals surface area (Å²) < 4.78 is 0. The Kier molecular flexibility index (Phi) is 4.92. The zero-order valence-electron chi connectivity index (χ0n) is 9.81. The molecule has 0 saturated carbocycles. The van der Waals surface area contributed by atoms with Gasteiger partial charge in [-0.1, -0.05) is 26.3 Å². The number of carbonyl (C=O) groups is 1. The Labute approximate surface area is 96.3 Å². The van der Waals surface area contributed by atoms with Gasteiger partial charge in [-0.2, -0.15) is 0 Å². The van der Waals surface area contributed by atoms with E-state index in [2.05, 4.69) is 10.3 Å². The number of aromatic nitrogens is 1. The number of carbonyl (C=O) groups excluding carboxylic acids is 1. The van der Waals surface area contributed by atoms with E-state index >= 15 is 0 Å². The van der Waals surface area contributed by atoms with Crippen LogP contribution in [0.4, 0.5) is 5.82 Å². The minimum Gasteiger partial charge on any atom is -0.363 e. The fourth-order valence-corrected chi connectivity index (χ4v) is 1.33. The molecule has 88 valence electrons. The Bertz CT molecular complexity index is 326. The fraction of sp³-hybridized carbons (Fsp3) is 0.500. The Hall–Kier alpha value is -1.42. The maximum Gasteiger partial charge on any atom is 0.168 e. The van der Waals surface area contributed by atoms with Crippen LogP contribution in [0.15, 0.2) is 24.4 Å². The number of nitrogens with zero attached hydrogens (tertiary/aromatic N) is 1. The highest BCUT2D eigenvalue weighted by Crippen LogP contribution is 2.07. The van der Waals surface area contributed by atoms with Crippen LogP contribution in [-0.4, -0.2) is 23.4 Å². The predicted octanol–water partition coefficient (Wildman–Crippen LogP) is 1.44. The Morgan fingerprint density at radius 3 is 2.88 bits per heavy atom. The molecule has 0 saturated heterocycles. The van der Waals surface area contributed by atoms with E-state index in [9.17, 15) is 4.79 Å². The second-order valence-electron chi connectivity index (χ2n) is 3.95. The van der Waals surface area contributed by atoms with Crippen molar-refractivity contribution in [3.63, 3.8) is 0 Å². The van der Waals surface area contributed by atoms with Gasteiger partial charge in [-0.05, 0) is 18.1 Å². The number of ketones is 1. The average molecular weight is 221 g/mol. The minimum absolute atomic E-state index is 0.0278. The molecule has 0 aliphatic rings. The molecule has 0 spiro atoms. The van der Waals surface area contributed by atoms with Crippen molar-refractivity contribution in [1.82, 2.24) is 4.98 Å². The third-order valence-corrected chi connectivity index (χ3v) is 2.74. The highest BCUT2D eigenvalue weighted by molar-refractivity contribution is 5.87. The number of hydrogen-bond acceptors (Lipinski definition) is 4. The molecule has 3 N–H and O–H groups in total. The van der Waals surface area contributed by atoms with Gasteiger partial charge in [0, 0.05) is 6.20 Å². The average Bonchev–Trinajstić information content (AvgIpc) is 2.35. The summed E-state index contributed by atoms with van der Waals surface area (Å²) in [5.41, 5.74) is 5.83. The van der Waals surface area contributed by atoms with Gasteiger partial charge in [0.2, 0.25) is 0 Å². The summed E-state index contributed by atoms with van der Waals surface area (Å²) in [7, 11) is 0. The van der Waals surface area contributed by atoms with E-state index in [-0.39, 0.29) is 24.3 Å². The lowest BCUT2D eigenvalue weighted by Gasteiger charge is -2.17. The van der Waals surface area contributed by atoms with Gasteiger partial charge in [-0.3, -0.25) is 4.79 Å². The van der Waals surface area contributed by atoms with Gasteiger partial charge >= 0.3 is 0 Å². The van der Waals surface area contributed by atoms with Gasteiger partial charge in [0.15, 0.2) is 5.78 Å². The van der Waals surface area contributed by atoms with Crippen molar-refractivity contribution >= 4 is 11.6 Å². The van der Waals surface area contributed by atoms with E-state index in [1.54, 1.807) is 6.20 Å². The molecular weight excluding hydrogens is 202 g/mol. The quantitative estimate of drug-likeness (QED) is 0.762. The molecule has 1 heterocycles. The second-order valence-corrected chi connectivity index (χ2v) is 3.95. The first-order valence-corrected chi connectivity index (χ1v) is 5.58. The number of anilines is 1. The normalized spacial score (nSPS) is 14.2. The summed E-state index contributed by atoms with van der Waals surface area (Å²) >= 11 is 0. The molecule has 0 aromatic carbocycles. The number of nitrogens with two attached hydrogens (primary N) is 1. The topological polar surface area (TPSA) is 68.0 Å². The fourth-order valence-electron chi connectivity index (χ4n) is 1.33. The highest BCUT2D eigenvalue weighted by atomic mass is 16.1. The molecule has 0 aliphatic heterocycles. The lowest BCUT2D eigenvalue weighted by molar-refractivity contribution is -0.119. The number of nitrogens with one attached hydrogen (secondary N) is 1. The molecule has 1 aromatic heterocycles. The van der Waals surface area contributed by atoms with Crippen molar-refractivity contribution in [2.75, 3.05) is 11.9 Å². The van der Waals surface area contributed by atoms with Gasteiger partial charge in [-0.25, -0.2) is 4.98 Å². The monoisotopic (exact) mass is 221 g/mol. The van der Waals surface area contributed by atoms with E-state index in [1.807, 2.05) is 32.0 Å². The number of pyridine rings is 1. The largest absolute Gasteiger partial charge is 0.363 e. The lowest BCUT2D eigenvalue weighted by Crippen LogP contribution is -2.40. The zero-order valence-corrected chi connectivity index (χ0v) is 9.81. The van der Waals surface area contributed by atoms with Gasteiger partial charge in [0.05, 0.1) is 12.6 Å². The summed E-state index contributed by atoms with van der Waals surface area (Å²) in [4.78, 5) is 15.8. The van der Waals surface area contributed by atoms with Crippen molar-refractivity contribution in [2.45, 2.75) is 26.3 Å². The molecule has 0 aliphatic carbocycles. The van der Waals surface area contributed by atoms with Crippen LogP contribution in [0.3, 0.4) is 0 Å².